The maximum atomic E-state index is 13.3. The van der Waals surface area contributed by atoms with Gasteiger partial charge in [-0.15, -0.1) is 11.8 Å². The molecule has 0 saturated carbocycles. The van der Waals surface area contributed by atoms with Crippen molar-refractivity contribution in [2.45, 2.75) is 54.6 Å². The number of benzene rings is 2. The van der Waals surface area contributed by atoms with Gasteiger partial charge in [0.1, 0.15) is 12.3 Å². The maximum absolute atomic E-state index is 13.3. The number of rotatable bonds is 6. The first-order valence-corrected chi connectivity index (χ1v) is 14.1. The lowest BCUT2D eigenvalue weighted by molar-refractivity contribution is -0.121. The topological polar surface area (TPSA) is 96.0 Å². The normalized spacial score (nSPS) is 19.1. The van der Waals surface area contributed by atoms with E-state index < -0.39 is 15.9 Å². The molecule has 1 N–H and O–H groups in total. The molecule has 2 amide bonds. The van der Waals surface area contributed by atoms with E-state index in [0.717, 1.165) is 29.7 Å². The fourth-order valence-electron chi connectivity index (χ4n) is 4.40. The quantitative estimate of drug-likeness (QED) is 0.622. The summed E-state index contributed by atoms with van der Waals surface area (Å²) in [6.07, 6.45) is 2.94. The summed E-state index contributed by atoms with van der Waals surface area (Å²) >= 11 is 1.51. The number of methoxy groups -OCH3 is 1. The molecule has 0 aromatic heterocycles. The van der Waals surface area contributed by atoms with Crippen LogP contribution in [0.1, 0.15) is 38.2 Å². The molecule has 10 heteroatoms. The molecular weight excluding hydrogens is 486 g/mol. The molecular formula is C25H31N3O5S2. The van der Waals surface area contributed by atoms with Crippen molar-refractivity contribution in [3.63, 3.8) is 0 Å². The predicted octanol–water partition coefficient (Wildman–Crippen LogP) is 4.03. The van der Waals surface area contributed by atoms with Crippen molar-refractivity contribution in [3.05, 3.63) is 42.0 Å². The number of piperidine rings is 1. The van der Waals surface area contributed by atoms with Gasteiger partial charge in [-0.3, -0.25) is 9.59 Å². The minimum atomic E-state index is -3.68. The SMILES string of the molecule is COc1ccc(C)cc1NC(=O)CN1C(=O)C[C@@H](C)Sc2ccc(S(=O)(=O)N3CCCCC3)cc21. The summed E-state index contributed by atoms with van der Waals surface area (Å²) < 4.78 is 33.5. The lowest BCUT2D eigenvalue weighted by Gasteiger charge is -2.27. The largest absolute Gasteiger partial charge is 0.495 e. The lowest BCUT2D eigenvalue weighted by atomic mass is 10.2. The third-order valence-electron chi connectivity index (χ3n) is 6.20. The van der Waals surface area contributed by atoms with E-state index in [1.165, 1.54) is 28.1 Å². The van der Waals surface area contributed by atoms with Gasteiger partial charge in [0.2, 0.25) is 21.8 Å². The average molecular weight is 518 g/mol. The van der Waals surface area contributed by atoms with Gasteiger partial charge < -0.3 is 15.0 Å². The molecule has 0 unspecified atom stereocenters. The van der Waals surface area contributed by atoms with Crippen molar-refractivity contribution >= 4 is 45.0 Å². The molecule has 1 fully saturated rings. The number of hydrogen-bond donors (Lipinski definition) is 1. The molecule has 8 nitrogen and oxygen atoms in total. The Balaban J connectivity index is 1.65. The van der Waals surface area contributed by atoms with Gasteiger partial charge in [-0.05, 0) is 55.7 Å². The fourth-order valence-corrected chi connectivity index (χ4v) is 7.03. The van der Waals surface area contributed by atoms with Crippen LogP contribution >= 0.6 is 11.8 Å². The van der Waals surface area contributed by atoms with Crippen LogP contribution in [0.2, 0.25) is 0 Å². The van der Waals surface area contributed by atoms with Crippen LogP contribution in [0.4, 0.5) is 11.4 Å². The van der Waals surface area contributed by atoms with Crippen molar-refractivity contribution in [1.82, 2.24) is 4.31 Å². The third-order valence-corrected chi connectivity index (χ3v) is 9.26. The third kappa shape index (κ3) is 5.65. The smallest absolute Gasteiger partial charge is 0.244 e. The molecule has 2 aliphatic heterocycles. The molecule has 0 spiro atoms. The summed E-state index contributed by atoms with van der Waals surface area (Å²) in [4.78, 5) is 28.5. The van der Waals surface area contributed by atoms with Crippen LogP contribution in [0, 0.1) is 6.92 Å². The van der Waals surface area contributed by atoms with Gasteiger partial charge in [0.05, 0.1) is 23.4 Å². The Morgan fingerprint density at radius 1 is 1.14 bits per heavy atom. The van der Waals surface area contributed by atoms with Crippen molar-refractivity contribution < 1.29 is 22.7 Å². The second-order valence-electron chi connectivity index (χ2n) is 8.96. The number of carbonyl (C=O) groups excluding carboxylic acids is 2. The first-order valence-electron chi connectivity index (χ1n) is 11.7. The van der Waals surface area contributed by atoms with Gasteiger partial charge >= 0.3 is 0 Å². The molecule has 2 aromatic carbocycles. The van der Waals surface area contributed by atoms with Crippen LogP contribution in [0.5, 0.6) is 5.75 Å². The van der Waals surface area contributed by atoms with E-state index in [4.69, 9.17) is 4.74 Å². The number of ether oxygens (including phenoxy) is 1. The molecule has 2 aliphatic rings. The number of carbonyl (C=O) groups is 2. The van der Waals surface area contributed by atoms with Gasteiger partial charge in [0, 0.05) is 29.7 Å². The second-order valence-corrected chi connectivity index (χ2v) is 12.4. The Morgan fingerprint density at radius 3 is 2.60 bits per heavy atom. The van der Waals surface area contributed by atoms with Crippen LogP contribution in [0.3, 0.4) is 0 Å². The summed E-state index contributed by atoms with van der Waals surface area (Å²) in [6.45, 7) is 4.62. The molecule has 0 radical (unpaired) electrons. The first kappa shape index (κ1) is 25.5. The minimum absolute atomic E-state index is 0.00395. The Hall–Kier alpha value is -2.56. The van der Waals surface area contributed by atoms with Crippen LogP contribution in [-0.2, 0) is 19.6 Å². The van der Waals surface area contributed by atoms with E-state index in [9.17, 15) is 18.0 Å². The van der Waals surface area contributed by atoms with E-state index in [-0.39, 0.29) is 29.0 Å². The Kier molecular flexibility index (Phi) is 7.73. The minimum Gasteiger partial charge on any atom is -0.495 e. The molecule has 0 aliphatic carbocycles. The molecule has 2 aromatic rings. The Bertz CT molecular complexity index is 1230. The van der Waals surface area contributed by atoms with Gasteiger partial charge in [0.15, 0.2) is 0 Å². The Morgan fingerprint density at radius 2 is 1.89 bits per heavy atom. The van der Waals surface area contributed by atoms with Crippen LogP contribution < -0.4 is 15.0 Å². The Labute approximate surface area is 211 Å². The van der Waals surface area contributed by atoms with Gasteiger partial charge in [-0.25, -0.2) is 8.42 Å². The van der Waals surface area contributed by atoms with Crippen molar-refractivity contribution in [2.24, 2.45) is 0 Å². The highest BCUT2D eigenvalue weighted by molar-refractivity contribution is 8.00. The van der Waals surface area contributed by atoms with E-state index >= 15 is 0 Å². The number of sulfonamides is 1. The number of aryl methyl sites for hydroxylation is 1. The number of fused-ring (bicyclic) bond motifs is 1. The van der Waals surface area contributed by atoms with E-state index in [1.54, 1.807) is 30.3 Å². The number of anilines is 2. The summed E-state index contributed by atoms with van der Waals surface area (Å²) in [5, 5.41) is 2.83. The van der Waals surface area contributed by atoms with Gasteiger partial charge in [-0.1, -0.05) is 19.4 Å². The van der Waals surface area contributed by atoms with Crippen molar-refractivity contribution in [2.75, 3.05) is 37.0 Å². The number of amides is 2. The van der Waals surface area contributed by atoms with Gasteiger partial charge in [0.25, 0.3) is 0 Å². The average Bonchev–Trinajstić information content (AvgIpc) is 2.94. The van der Waals surface area contributed by atoms with Crippen LogP contribution in [0.25, 0.3) is 0 Å². The molecule has 35 heavy (non-hydrogen) atoms. The maximum Gasteiger partial charge on any atom is 0.244 e. The molecule has 2 heterocycles. The summed E-state index contributed by atoms with van der Waals surface area (Å²) in [6, 6.07) is 10.4. The number of nitrogens with one attached hydrogen (secondary N) is 1. The zero-order valence-corrected chi connectivity index (χ0v) is 21.9. The molecule has 1 saturated heterocycles. The molecule has 4 rings (SSSR count). The molecule has 1 atom stereocenters. The fraction of sp³-hybridized carbons (Fsp3) is 0.440. The number of hydrogen-bond acceptors (Lipinski definition) is 6. The summed E-state index contributed by atoms with van der Waals surface area (Å²) in [5.41, 5.74) is 1.92. The summed E-state index contributed by atoms with van der Waals surface area (Å²) in [5.74, 6) is -0.0923. The van der Waals surface area contributed by atoms with Crippen LogP contribution in [-0.4, -0.2) is 56.5 Å². The standard InChI is InChI=1S/C25H31N3O5S2/c1-17-7-9-22(33-3)20(13-17)26-24(29)16-28-21-15-19(35(31,32)27-11-5-4-6-12-27)8-10-23(21)34-18(2)14-25(28)30/h7-10,13,15,18H,4-6,11-12,14,16H2,1-3H3,(H,26,29)/t18-/m1/s1. The monoisotopic (exact) mass is 517 g/mol. The highest BCUT2D eigenvalue weighted by atomic mass is 32.2. The van der Waals surface area contributed by atoms with Crippen LogP contribution in [0.15, 0.2) is 46.2 Å². The zero-order chi connectivity index (χ0) is 25.2. The van der Waals surface area contributed by atoms with E-state index in [0.29, 0.717) is 30.2 Å². The van der Waals surface area contributed by atoms with Crippen molar-refractivity contribution in [1.29, 1.82) is 0 Å². The number of nitrogens with zero attached hydrogens (tertiary/aromatic N) is 2. The highest BCUT2D eigenvalue weighted by Gasteiger charge is 2.32. The lowest BCUT2D eigenvalue weighted by Crippen LogP contribution is -2.39. The first-order chi connectivity index (χ1) is 16.7. The second kappa shape index (κ2) is 10.6. The van der Waals surface area contributed by atoms with Gasteiger partial charge in [-0.2, -0.15) is 4.31 Å². The zero-order valence-electron chi connectivity index (χ0n) is 20.2. The summed E-state index contributed by atoms with van der Waals surface area (Å²) in [7, 11) is -2.16. The molecule has 188 valence electrons. The highest BCUT2D eigenvalue weighted by Crippen LogP contribution is 2.40. The van der Waals surface area contributed by atoms with E-state index in [1.807, 2.05) is 19.9 Å². The van der Waals surface area contributed by atoms with Crippen molar-refractivity contribution in [3.8, 4) is 5.75 Å². The predicted molar refractivity (Wildman–Crippen MR) is 138 cm³/mol. The molecule has 0 bridgehead atoms. The van der Waals surface area contributed by atoms with E-state index in [2.05, 4.69) is 5.32 Å². The number of thioether (sulfide) groups is 1.